The summed E-state index contributed by atoms with van der Waals surface area (Å²) >= 11 is 0. The molecule has 166 valence electrons. The molecule has 5 rings (SSSR count). The van der Waals surface area contributed by atoms with Crippen LogP contribution in [-0.4, -0.2) is 26.5 Å². The molecule has 0 amide bonds. The van der Waals surface area contributed by atoms with Gasteiger partial charge in [-0.05, 0) is 37.6 Å². The minimum absolute atomic E-state index is 0.0460. The predicted octanol–water partition coefficient (Wildman–Crippen LogP) is 4.48. The van der Waals surface area contributed by atoms with Gasteiger partial charge in [-0.15, -0.1) is 0 Å². The van der Waals surface area contributed by atoms with Crippen LogP contribution in [0.25, 0.3) is 10.9 Å². The monoisotopic (exact) mass is 443 g/mol. The van der Waals surface area contributed by atoms with E-state index in [1.165, 1.54) is 16.7 Å². The van der Waals surface area contributed by atoms with Crippen molar-refractivity contribution in [1.29, 1.82) is 0 Å². The van der Waals surface area contributed by atoms with E-state index in [2.05, 4.69) is 10.3 Å². The van der Waals surface area contributed by atoms with Crippen LogP contribution in [-0.2, 0) is 12.0 Å². The number of benzene rings is 2. The van der Waals surface area contributed by atoms with Crippen molar-refractivity contribution in [2.24, 2.45) is 0 Å². The van der Waals surface area contributed by atoms with Crippen LogP contribution in [0.1, 0.15) is 54.0 Å². The molecule has 6 nitrogen and oxygen atoms in total. The van der Waals surface area contributed by atoms with Gasteiger partial charge in [0.25, 0.3) is 5.56 Å². The second-order valence-corrected chi connectivity index (χ2v) is 8.74. The van der Waals surface area contributed by atoms with Gasteiger partial charge in [-0.2, -0.15) is 0 Å². The SMILES string of the molecule is C[C@@H](Nc1ccccc1C(=O)O)c1cc(F)cc2c(=O)n3c(nc12)C1(CC3)CC(F)(F)C1. The Morgan fingerprint density at radius 1 is 1.25 bits per heavy atom. The van der Waals surface area contributed by atoms with E-state index in [0.29, 0.717) is 23.5 Å². The number of alkyl halides is 2. The Morgan fingerprint density at radius 3 is 2.66 bits per heavy atom. The molecule has 1 aromatic heterocycles. The van der Waals surface area contributed by atoms with E-state index < -0.39 is 34.7 Å². The van der Waals surface area contributed by atoms with Gasteiger partial charge in [0, 0.05) is 36.1 Å². The van der Waals surface area contributed by atoms with Crippen molar-refractivity contribution in [1.82, 2.24) is 9.55 Å². The first-order valence-electron chi connectivity index (χ1n) is 10.3. The summed E-state index contributed by atoms with van der Waals surface area (Å²) in [5.74, 6) is -4.20. The lowest BCUT2D eigenvalue weighted by atomic mass is 9.65. The summed E-state index contributed by atoms with van der Waals surface area (Å²) in [7, 11) is 0. The van der Waals surface area contributed by atoms with Gasteiger partial charge in [0.2, 0.25) is 5.92 Å². The molecular formula is C23H20F3N3O3. The van der Waals surface area contributed by atoms with E-state index in [1.54, 1.807) is 25.1 Å². The van der Waals surface area contributed by atoms with Gasteiger partial charge < -0.3 is 10.4 Å². The highest BCUT2D eigenvalue weighted by Gasteiger charge is 2.61. The summed E-state index contributed by atoms with van der Waals surface area (Å²) in [6.45, 7) is 1.98. The van der Waals surface area contributed by atoms with E-state index >= 15 is 0 Å². The third kappa shape index (κ3) is 3.06. The number of fused-ring (bicyclic) bond motifs is 3. The zero-order valence-corrected chi connectivity index (χ0v) is 17.2. The van der Waals surface area contributed by atoms with Gasteiger partial charge in [0.15, 0.2) is 0 Å². The van der Waals surface area contributed by atoms with Crippen molar-refractivity contribution in [2.45, 2.75) is 50.1 Å². The Labute approximate surface area is 180 Å². The average molecular weight is 443 g/mol. The molecule has 0 radical (unpaired) electrons. The number of aromatic nitrogens is 2. The van der Waals surface area contributed by atoms with Crippen molar-refractivity contribution in [2.75, 3.05) is 5.32 Å². The molecule has 9 heteroatoms. The first-order valence-corrected chi connectivity index (χ1v) is 10.3. The number of para-hydroxylation sites is 1. The predicted molar refractivity (Wildman–Crippen MR) is 112 cm³/mol. The Hall–Kier alpha value is -3.36. The second-order valence-electron chi connectivity index (χ2n) is 8.74. The summed E-state index contributed by atoms with van der Waals surface area (Å²) in [4.78, 5) is 29.3. The minimum atomic E-state index is -2.77. The van der Waals surface area contributed by atoms with Gasteiger partial charge in [0.1, 0.15) is 11.6 Å². The third-order valence-corrected chi connectivity index (χ3v) is 6.53. The van der Waals surface area contributed by atoms with Crippen molar-refractivity contribution in [3.8, 4) is 0 Å². The number of anilines is 1. The highest BCUT2D eigenvalue weighted by atomic mass is 19.3. The van der Waals surface area contributed by atoms with Crippen LogP contribution in [0.5, 0.6) is 0 Å². The number of aromatic carboxylic acids is 1. The van der Waals surface area contributed by atoms with E-state index in [-0.39, 0.29) is 35.9 Å². The lowest BCUT2D eigenvalue weighted by molar-refractivity contribution is -0.127. The number of halogens is 3. The molecule has 1 aliphatic heterocycles. The first-order chi connectivity index (χ1) is 15.1. The molecule has 1 spiro atoms. The molecule has 2 aromatic carbocycles. The van der Waals surface area contributed by atoms with Gasteiger partial charge in [-0.3, -0.25) is 9.36 Å². The van der Waals surface area contributed by atoms with Crippen LogP contribution in [0.3, 0.4) is 0 Å². The fraction of sp³-hybridized carbons (Fsp3) is 0.348. The van der Waals surface area contributed by atoms with Crippen molar-refractivity contribution in [3.63, 3.8) is 0 Å². The van der Waals surface area contributed by atoms with Gasteiger partial charge in [0.05, 0.1) is 22.5 Å². The molecular weight excluding hydrogens is 423 g/mol. The molecule has 32 heavy (non-hydrogen) atoms. The van der Waals surface area contributed by atoms with Crippen LogP contribution in [0, 0.1) is 5.82 Å². The maximum absolute atomic E-state index is 14.5. The summed E-state index contributed by atoms with van der Waals surface area (Å²) in [6.07, 6.45) is -0.304. The lowest BCUT2D eigenvalue weighted by Crippen LogP contribution is -2.49. The maximum atomic E-state index is 14.5. The molecule has 3 aromatic rings. The standard InChI is InChI=1S/C23H20F3N3O3/c1-12(27-17-5-3-2-4-14(17)20(31)32)15-8-13(24)9-16-18(15)28-21-22(10-23(25,26)11-22)6-7-29(21)19(16)30/h2-5,8-9,12,27H,6-7,10-11H2,1H3,(H,31,32)/t12-/m1/s1. The fourth-order valence-electron chi connectivity index (χ4n) is 5.08. The number of nitrogens with zero attached hydrogens (tertiary/aromatic N) is 2. The van der Waals surface area contributed by atoms with Gasteiger partial charge >= 0.3 is 5.97 Å². The average Bonchev–Trinajstić information content (AvgIpc) is 3.06. The van der Waals surface area contributed by atoms with Crippen LogP contribution >= 0.6 is 0 Å². The summed E-state index contributed by atoms with van der Waals surface area (Å²) in [5.41, 5.74) is -0.311. The topological polar surface area (TPSA) is 84.2 Å². The van der Waals surface area contributed by atoms with Crippen LogP contribution in [0.2, 0.25) is 0 Å². The van der Waals surface area contributed by atoms with Crippen molar-refractivity contribution < 1.29 is 23.1 Å². The summed E-state index contributed by atoms with van der Waals surface area (Å²) in [5, 5.41) is 12.6. The Kier molecular flexibility index (Phi) is 4.38. The Bertz CT molecular complexity index is 1330. The molecule has 1 aliphatic carbocycles. The van der Waals surface area contributed by atoms with Crippen LogP contribution in [0.4, 0.5) is 18.9 Å². The zero-order chi connectivity index (χ0) is 22.8. The number of hydrogen-bond acceptors (Lipinski definition) is 4. The van der Waals surface area contributed by atoms with E-state index in [0.717, 1.165) is 6.07 Å². The Balaban J connectivity index is 1.63. The molecule has 1 fully saturated rings. The smallest absolute Gasteiger partial charge is 0.337 e. The maximum Gasteiger partial charge on any atom is 0.337 e. The van der Waals surface area contributed by atoms with Crippen LogP contribution < -0.4 is 10.9 Å². The molecule has 2 heterocycles. The largest absolute Gasteiger partial charge is 0.478 e. The second kappa shape index (κ2) is 6.82. The zero-order valence-electron chi connectivity index (χ0n) is 17.2. The van der Waals surface area contributed by atoms with E-state index in [1.807, 2.05) is 0 Å². The van der Waals surface area contributed by atoms with E-state index in [9.17, 15) is 27.9 Å². The lowest BCUT2D eigenvalue weighted by Gasteiger charge is -2.43. The molecule has 0 saturated heterocycles. The first kappa shape index (κ1) is 20.5. The van der Waals surface area contributed by atoms with Crippen molar-refractivity contribution >= 4 is 22.6 Å². The van der Waals surface area contributed by atoms with Crippen molar-refractivity contribution in [3.05, 3.63) is 69.5 Å². The normalized spacial score (nSPS) is 18.9. The number of carboxylic acid groups (broad SMARTS) is 1. The number of nitrogens with one attached hydrogen (secondary N) is 1. The quantitative estimate of drug-likeness (QED) is 0.621. The highest BCUT2D eigenvalue weighted by molar-refractivity contribution is 5.94. The van der Waals surface area contributed by atoms with Gasteiger partial charge in [-0.1, -0.05) is 12.1 Å². The molecule has 0 unspecified atom stereocenters. The molecule has 1 atom stereocenters. The third-order valence-electron chi connectivity index (χ3n) is 6.53. The number of carboxylic acids is 1. The summed E-state index contributed by atoms with van der Waals surface area (Å²) in [6, 6.07) is 8.04. The molecule has 2 aliphatic rings. The fourth-order valence-corrected chi connectivity index (χ4v) is 5.08. The summed E-state index contributed by atoms with van der Waals surface area (Å²) < 4.78 is 43.3. The number of hydrogen-bond donors (Lipinski definition) is 2. The molecule has 0 bridgehead atoms. The molecule has 2 N–H and O–H groups in total. The molecule has 1 saturated carbocycles. The van der Waals surface area contributed by atoms with E-state index in [4.69, 9.17) is 0 Å². The number of rotatable bonds is 4. The highest BCUT2D eigenvalue weighted by Crippen LogP contribution is 2.57. The van der Waals surface area contributed by atoms with Gasteiger partial charge in [-0.25, -0.2) is 22.9 Å². The minimum Gasteiger partial charge on any atom is -0.478 e. The Morgan fingerprint density at radius 2 is 1.97 bits per heavy atom. The van der Waals surface area contributed by atoms with Crippen LogP contribution in [0.15, 0.2) is 41.2 Å². The number of carbonyl (C=O) groups is 1.